The molecule has 1 aromatic heterocycles. The van der Waals surface area contributed by atoms with E-state index >= 15 is 0 Å². The highest BCUT2D eigenvalue weighted by Gasteiger charge is 2.54. The Labute approximate surface area is 309 Å². The highest BCUT2D eigenvalue weighted by Crippen LogP contribution is 2.57. The highest BCUT2D eigenvalue weighted by atomic mass is 16.6. The van der Waals surface area contributed by atoms with Crippen molar-refractivity contribution >= 4 is 40.1 Å². The maximum atomic E-state index is 13.6. The van der Waals surface area contributed by atoms with Gasteiger partial charge in [0, 0.05) is 69.5 Å². The topological polar surface area (TPSA) is 54.9 Å². The number of aryl methyl sites for hydroxylation is 2. The molecule has 1 atom stereocenters. The van der Waals surface area contributed by atoms with Crippen molar-refractivity contribution in [2.75, 3.05) is 9.80 Å². The molecule has 0 fully saturated rings. The lowest BCUT2D eigenvalue weighted by atomic mass is 9.78. The summed E-state index contributed by atoms with van der Waals surface area (Å²) in [6.07, 6.45) is 3.36. The number of aromatic nitrogens is 1. The summed E-state index contributed by atoms with van der Waals surface area (Å²) in [5.41, 5.74) is 9.50. The van der Waals surface area contributed by atoms with Gasteiger partial charge in [0.25, 0.3) is 0 Å². The molecule has 6 aromatic carbocycles. The number of nitrogens with zero attached hydrogens (tertiary/aromatic N) is 3. The van der Waals surface area contributed by atoms with Crippen LogP contribution in [-0.4, -0.2) is 11.0 Å². The molecular weight excluding hydrogens is 655 g/mol. The van der Waals surface area contributed by atoms with E-state index < -0.39 is 11.6 Å². The number of rotatable bonds is 8. The average Bonchev–Trinajstić information content (AvgIpc) is 3.51. The van der Waals surface area contributed by atoms with Crippen molar-refractivity contribution in [3.05, 3.63) is 197 Å². The van der Waals surface area contributed by atoms with Crippen molar-refractivity contribution in [2.45, 2.75) is 32.3 Å². The molecule has 1 unspecified atom stereocenters. The molecule has 2 aliphatic rings. The van der Waals surface area contributed by atoms with Crippen molar-refractivity contribution in [1.29, 1.82) is 0 Å². The van der Waals surface area contributed by atoms with Gasteiger partial charge in [-0.3, -0.25) is 0 Å². The first-order chi connectivity index (χ1) is 26.1. The van der Waals surface area contributed by atoms with Crippen molar-refractivity contribution in [3.63, 3.8) is 0 Å². The zero-order chi connectivity index (χ0) is 35.9. The van der Waals surface area contributed by atoms with Gasteiger partial charge in [0.15, 0.2) is 11.3 Å². The Hall–Kier alpha value is -6.84. The molecule has 6 nitrogen and oxygen atoms in total. The number of carbonyl (C=O) groups is 1. The zero-order valence-corrected chi connectivity index (χ0v) is 29.4. The normalized spacial score (nSPS) is 13.2. The molecule has 0 amide bonds. The summed E-state index contributed by atoms with van der Waals surface area (Å²) >= 11 is 0. The second-order valence-corrected chi connectivity index (χ2v) is 13.1. The molecule has 0 radical (unpaired) electrons. The van der Waals surface area contributed by atoms with Gasteiger partial charge in [0.2, 0.25) is 0 Å². The summed E-state index contributed by atoms with van der Waals surface area (Å²) in [6, 6.07) is 55.3. The van der Waals surface area contributed by atoms with Crippen molar-refractivity contribution in [2.24, 2.45) is 0 Å². The van der Waals surface area contributed by atoms with E-state index in [9.17, 15) is 4.79 Å². The fourth-order valence-corrected chi connectivity index (χ4v) is 7.77. The quantitative estimate of drug-likeness (QED) is 0.148. The molecule has 0 saturated heterocycles. The first-order valence-electron chi connectivity index (χ1n) is 18.0. The molecule has 53 heavy (non-hydrogen) atoms. The molecule has 7 aromatic rings. The second-order valence-electron chi connectivity index (χ2n) is 13.1. The van der Waals surface area contributed by atoms with Crippen LogP contribution in [0.5, 0.6) is 11.5 Å². The Morgan fingerprint density at radius 2 is 1.21 bits per heavy atom. The van der Waals surface area contributed by atoms with Crippen molar-refractivity contribution < 1.29 is 14.3 Å². The number of pyridine rings is 1. The summed E-state index contributed by atoms with van der Waals surface area (Å²) < 4.78 is 13.5. The van der Waals surface area contributed by atoms with Gasteiger partial charge in [-0.15, -0.1) is 0 Å². The van der Waals surface area contributed by atoms with Gasteiger partial charge in [0.1, 0.15) is 11.5 Å². The molecule has 2 aliphatic heterocycles. The van der Waals surface area contributed by atoms with Crippen LogP contribution >= 0.6 is 0 Å². The standard InChI is InChI=1S/C47H35N3O3/c1-3-32-16-11-13-23-41(32)49(34-18-7-5-8-19-34)36-25-27-38-43(30-36)52-44-31-37(26-28-39(44)47(38)40-22-15-29-48-45(40)46(51)53-47)50(35-20-9-6-10-21-35)42-24-14-12-17-33(42)4-2/h5,7-9,11-31H,3-4H2,1-2H3. The number of hydrogen-bond acceptors (Lipinski definition) is 6. The van der Waals surface area contributed by atoms with Crippen LogP contribution < -0.4 is 14.5 Å². The molecular formula is C47H35N3O3. The SMILES string of the molecule is CCc1ccccc1N(c1cc#ccc1)c1ccc2c(c1)Oc1cc(N(c3ccccc3)c3ccccc3CC)ccc1C21OC(=O)c2ncccc21. The third kappa shape index (κ3) is 5.20. The molecule has 0 N–H and O–H groups in total. The van der Waals surface area contributed by atoms with Gasteiger partial charge in [-0.1, -0.05) is 86.6 Å². The second kappa shape index (κ2) is 13.0. The van der Waals surface area contributed by atoms with E-state index in [1.165, 1.54) is 11.1 Å². The van der Waals surface area contributed by atoms with E-state index in [2.05, 4.69) is 120 Å². The third-order valence-electron chi connectivity index (χ3n) is 10.2. The maximum absolute atomic E-state index is 13.6. The maximum Gasteiger partial charge on any atom is 0.358 e. The van der Waals surface area contributed by atoms with Crippen LogP contribution in [0.15, 0.2) is 152 Å². The predicted octanol–water partition coefficient (Wildman–Crippen LogP) is 11.3. The lowest BCUT2D eigenvalue weighted by molar-refractivity contribution is 0.0222. The van der Waals surface area contributed by atoms with E-state index in [0.717, 1.165) is 58.1 Å². The number of esters is 1. The van der Waals surface area contributed by atoms with Crippen LogP contribution in [-0.2, 0) is 23.2 Å². The smallest absolute Gasteiger partial charge is 0.358 e. The molecule has 0 bridgehead atoms. The average molecular weight is 690 g/mol. The van der Waals surface area contributed by atoms with E-state index in [1.807, 2.05) is 66.7 Å². The Kier molecular flexibility index (Phi) is 7.90. The summed E-state index contributed by atoms with van der Waals surface area (Å²) in [7, 11) is 0. The first-order valence-corrected chi connectivity index (χ1v) is 18.0. The fourth-order valence-electron chi connectivity index (χ4n) is 7.77. The van der Waals surface area contributed by atoms with Gasteiger partial charge in [-0.2, -0.15) is 0 Å². The number of fused-ring (bicyclic) bond motifs is 6. The predicted molar refractivity (Wildman–Crippen MR) is 208 cm³/mol. The Balaban J connectivity index is 1.26. The molecule has 1 spiro atoms. The summed E-state index contributed by atoms with van der Waals surface area (Å²) in [6.45, 7) is 4.33. The van der Waals surface area contributed by atoms with Crippen LogP contribution in [0.2, 0.25) is 0 Å². The number of anilines is 6. The third-order valence-corrected chi connectivity index (χ3v) is 10.2. The highest BCUT2D eigenvalue weighted by molar-refractivity contribution is 5.95. The van der Waals surface area contributed by atoms with Crippen LogP contribution in [0.25, 0.3) is 0 Å². The first kappa shape index (κ1) is 32.1. The molecule has 0 saturated carbocycles. The number of ether oxygens (including phenoxy) is 2. The Morgan fingerprint density at radius 1 is 0.604 bits per heavy atom. The minimum Gasteiger partial charge on any atom is -0.456 e. The van der Waals surface area contributed by atoms with Gasteiger partial charge in [-0.25, -0.2) is 9.78 Å². The Bertz CT molecular complexity index is 2340. The van der Waals surface area contributed by atoms with Gasteiger partial charge >= 0.3 is 5.97 Å². The summed E-state index contributed by atoms with van der Waals surface area (Å²) in [5, 5.41) is 0. The summed E-state index contributed by atoms with van der Waals surface area (Å²) in [4.78, 5) is 22.6. The molecule has 9 rings (SSSR count). The number of para-hydroxylation sites is 3. The number of carbonyl (C=O) groups excluding carboxylic acids is 1. The van der Waals surface area contributed by atoms with Crippen LogP contribution in [0.3, 0.4) is 0 Å². The fraction of sp³-hybridized carbons (Fsp3) is 0.106. The Morgan fingerprint density at radius 3 is 1.81 bits per heavy atom. The van der Waals surface area contributed by atoms with Crippen molar-refractivity contribution in [3.8, 4) is 11.5 Å². The zero-order valence-electron chi connectivity index (χ0n) is 29.4. The molecule has 0 aliphatic carbocycles. The van der Waals surface area contributed by atoms with Crippen LogP contribution in [0.1, 0.15) is 52.2 Å². The monoisotopic (exact) mass is 689 g/mol. The lowest BCUT2D eigenvalue weighted by Crippen LogP contribution is -2.33. The lowest BCUT2D eigenvalue weighted by Gasteiger charge is -2.38. The minimum atomic E-state index is -1.26. The molecule has 256 valence electrons. The number of benzene rings is 5. The van der Waals surface area contributed by atoms with Crippen molar-refractivity contribution in [1.82, 2.24) is 4.98 Å². The van der Waals surface area contributed by atoms with E-state index in [1.54, 1.807) is 6.20 Å². The largest absolute Gasteiger partial charge is 0.456 e. The van der Waals surface area contributed by atoms with E-state index in [0.29, 0.717) is 22.8 Å². The van der Waals surface area contributed by atoms with Crippen LogP contribution in [0, 0.1) is 12.1 Å². The van der Waals surface area contributed by atoms with E-state index in [-0.39, 0.29) is 0 Å². The summed E-state index contributed by atoms with van der Waals surface area (Å²) in [5.74, 6) is 0.710. The minimum absolute atomic E-state index is 0.303. The van der Waals surface area contributed by atoms with E-state index in [4.69, 9.17) is 9.47 Å². The molecule has 6 heteroatoms. The molecule has 3 heterocycles. The van der Waals surface area contributed by atoms with Crippen LogP contribution in [0.4, 0.5) is 34.1 Å². The number of hydrogen-bond donors (Lipinski definition) is 0. The van der Waals surface area contributed by atoms with Gasteiger partial charge < -0.3 is 19.3 Å². The van der Waals surface area contributed by atoms with Gasteiger partial charge in [-0.05, 0) is 90.7 Å². The van der Waals surface area contributed by atoms with Gasteiger partial charge in [0.05, 0.1) is 5.69 Å².